The summed E-state index contributed by atoms with van der Waals surface area (Å²) in [5.41, 5.74) is 2.11. The molecule has 1 rings (SSSR count). The number of rotatable bonds is 2. The second-order valence-electron chi connectivity index (χ2n) is 3.86. The van der Waals surface area contributed by atoms with E-state index in [2.05, 4.69) is 15.7 Å². The summed E-state index contributed by atoms with van der Waals surface area (Å²) in [4.78, 5) is 17.7. The summed E-state index contributed by atoms with van der Waals surface area (Å²) in [5.74, 6) is -0.395. The van der Waals surface area contributed by atoms with Crippen LogP contribution in [0.4, 0.5) is 0 Å². The summed E-state index contributed by atoms with van der Waals surface area (Å²) in [5, 5.41) is 7.60. The number of carbonyl (C=O) groups excluding carboxylic acids is 1. The van der Waals surface area contributed by atoms with E-state index in [0.29, 0.717) is 0 Å². The van der Waals surface area contributed by atoms with E-state index >= 15 is 0 Å². The average Bonchev–Trinajstić information content (AvgIpc) is 2.46. The Hall–Kier alpha value is -1.43. The van der Waals surface area contributed by atoms with Crippen LogP contribution in [0.2, 0.25) is 0 Å². The van der Waals surface area contributed by atoms with E-state index in [4.69, 9.17) is 4.84 Å². The number of nitrogens with zero attached hydrogens (tertiary/aromatic N) is 3. The van der Waals surface area contributed by atoms with E-state index in [1.165, 1.54) is 11.0 Å². The van der Waals surface area contributed by atoms with Gasteiger partial charge in [-0.3, -0.25) is 9.63 Å². The molecule has 0 bridgehead atoms. The number of nitrogens with one attached hydrogen (secondary N) is 1. The number of carbonyl (C=O) groups is 1. The average molecular weight is 198 g/mol. The van der Waals surface area contributed by atoms with Gasteiger partial charge in [0.1, 0.15) is 0 Å². The fourth-order valence-corrected chi connectivity index (χ4v) is 0.702. The lowest BCUT2D eigenvalue weighted by molar-refractivity contribution is -0.0591. The maximum Gasteiger partial charge on any atom is 0.297 e. The summed E-state index contributed by atoms with van der Waals surface area (Å²) < 4.78 is 0. The Bertz CT molecular complexity index is 326. The van der Waals surface area contributed by atoms with Crippen molar-refractivity contribution in [2.45, 2.75) is 26.4 Å². The van der Waals surface area contributed by atoms with Crippen molar-refractivity contribution < 1.29 is 9.63 Å². The van der Waals surface area contributed by atoms with E-state index in [9.17, 15) is 4.79 Å². The molecule has 0 aliphatic carbocycles. The monoisotopic (exact) mass is 198 g/mol. The SMILES string of the molecule is Cn1ncc(C(=O)NOC(C)(C)C)n1. The first-order chi connectivity index (χ1) is 6.38. The zero-order valence-corrected chi connectivity index (χ0v) is 8.74. The first-order valence-corrected chi connectivity index (χ1v) is 4.23. The zero-order chi connectivity index (χ0) is 10.8. The quantitative estimate of drug-likeness (QED) is 0.693. The van der Waals surface area contributed by atoms with Crippen molar-refractivity contribution in [3.63, 3.8) is 0 Å². The molecule has 1 aromatic heterocycles. The molecule has 0 aliphatic rings. The minimum Gasteiger partial charge on any atom is -0.268 e. The maximum absolute atomic E-state index is 11.4. The van der Waals surface area contributed by atoms with Crippen molar-refractivity contribution in [1.29, 1.82) is 0 Å². The van der Waals surface area contributed by atoms with Crippen LogP contribution in [0.5, 0.6) is 0 Å². The number of amides is 1. The van der Waals surface area contributed by atoms with Crippen LogP contribution in [-0.4, -0.2) is 26.5 Å². The van der Waals surface area contributed by atoms with Crippen LogP contribution >= 0.6 is 0 Å². The van der Waals surface area contributed by atoms with Crippen molar-refractivity contribution >= 4 is 5.91 Å². The highest BCUT2D eigenvalue weighted by molar-refractivity contribution is 5.90. The molecule has 78 valence electrons. The van der Waals surface area contributed by atoms with E-state index in [0.717, 1.165) is 0 Å². The van der Waals surface area contributed by atoms with Gasteiger partial charge in [-0.1, -0.05) is 0 Å². The molecule has 0 aliphatic heterocycles. The van der Waals surface area contributed by atoms with Crippen LogP contribution in [0, 0.1) is 0 Å². The van der Waals surface area contributed by atoms with Crippen molar-refractivity contribution in [3.05, 3.63) is 11.9 Å². The van der Waals surface area contributed by atoms with E-state index in [-0.39, 0.29) is 5.69 Å². The van der Waals surface area contributed by atoms with Gasteiger partial charge in [-0.2, -0.15) is 9.90 Å². The Morgan fingerprint density at radius 2 is 2.21 bits per heavy atom. The number of hydrogen-bond acceptors (Lipinski definition) is 4. The van der Waals surface area contributed by atoms with Crippen LogP contribution in [-0.2, 0) is 11.9 Å². The Morgan fingerprint density at radius 1 is 1.57 bits per heavy atom. The van der Waals surface area contributed by atoms with Crippen LogP contribution in [0.15, 0.2) is 6.20 Å². The third-order valence-corrected chi connectivity index (χ3v) is 1.28. The Balaban J connectivity index is 2.52. The summed E-state index contributed by atoms with van der Waals surface area (Å²) in [7, 11) is 1.64. The molecule has 0 fully saturated rings. The lowest BCUT2D eigenvalue weighted by Crippen LogP contribution is -2.33. The van der Waals surface area contributed by atoms with Crippen molar-refractivity contribution in [3.8, 4) is 0 Å². The zero-order valence-electron chi connectivity index (χ0n) is 8.74. The normalized spacial score (nSPS) is 11.4. The van der Waals surface area contributed by atoms with Crippen LogP contribution in [0.3, 0.4) is 0 Å². The topological polar surface area (TPSA) is 69.0 Å². The fraction of sp³-hybridized carbons (Fsp3) is 0.625. The Morgan fingerprint density at radius 3 is 2.64 bits per heavy atom. The van der Waals surface area contributed by atoms with Gasteiger partial charge in [0.05, 0.1) is 11.8 Å². The smallest absolute Gasteiger partial charge is 0.268 e. The van der Waals surface area contributed by atoms with Crippen molar-refractivity contribution in [2.75, 3.05) is 0 Å². The highest BCUT2D eigenvalue weighted by Gasteiger charge is 2.15. The Kier molecular flexibility index (Phi) is 2.85. The van der Waals surface area contributed by atoms with Gasteiger partial charge in [0.25, 0.3) is 5.91 Å². The highest BCUT2D eigenvalue weighted by Crippen LogP contribution is 2.04. The highest BCUT2D eigenvalue weighted by atomic mass is 16.7. The third-order valence-electron chi connectivity index (χ3n) is 1.28. The first-order valence-electron chi connectivity index (χ1n) is 4.23. The molecule has 0 saturated carbocycles. The van der Waals surface area contributed by atoms with E-state index < -0.39 is 11.5 Å². The molecular weight excluding hydrogens is 184 g/mol. The summed E-state index contributed by atoms with van der Waals surface area (Å²) in [6.45, 7) is 5.51. The molecule has 14 heavy (non-hydrogen) atoms. The Labute approximate surface area is 82.2 Å². The summed E-state index contributed by atoms with van der Waals surface area (Å²) >= 11 is 0. The second kappa shape index (κ2) is 3.75. The van der Waals surface area contributed by atoms with Gasteiger partial charge in [0.15, 0.2) is 5.69 Å². The van der Waals surface area contributed by atoms with Gasteiger partial charge in [-0.15, -0.1) is 5.10 Å². The summed E-state index contributed by atoms with van der Waals surface area (Å²) in [6.07, 6.45) is 1.38. The van der Waals surface area contributed by atoms with Gasteiger partial charge in [0.2, 0.25) is 0 Å². The van der Waals surface area contributed by atoms with Gasteiger partial charge in [-0.25, -0.2) is 5.48 Å². The van der Waals surface area contributed by atoms with Gasteiger partial charge in [0, 0.05) is 7.05 Å². The molecule has 0 aromatic carbocycles. The number of hydroxylamine groups is 1. The van der Waals surface area contributed by atoms with Gasteiger partial charge >= 0.3 is 0 Å². The van der Waals surface area contributed by atoms with Gasteiger partial charge < -0.3 is 0 Å². The van der Waals surface area contributed by atoms with Crippen LogP contribution in [0.25, 0.3) is 0 Å². The predicted octanol–water partition coefficient (Wildman–Crippen LogP) is 0.275. The first kappa shape index (κ1) is 10.6. The summed E-state index contributed by atoms with van der Waals surface area (Å²) in [6, 6.07) is 0. The molecule has 0 saturated heterocycles. The predicted molar refractivity (Wildman–Crippen MR) is 49.3 cm³/mol. The maximum atomic E-state index is 11.4. The molecule has 1 heterocycles. The standard InChI is InChI=1S/C8H14N4O2/c1-8(2,3)14-11-7(13)6-5-9-12(4)10-6/h5H,1-4H3,(H,11,13). The second-order valence-corrected chi connectivity index (χ2v) is 3.86. The van der Waals surface area contributed by atoms with Gasteiger partial charge in [-0.05, 0) is 20.8 Å². The van der Waals surface area contributed by atoms with Crippen LogP contribution in [0.1, 0.15) is 31.3 Å². The number of hydrogen-bond donors (Lipinski definition) is 1. The molecule has 0 atom stereocenters. The van der Waals surface area contributed by atoms with E-state index in [1.54, 1.807) is 7.05 Å². The lowest BCUT2D eigenvalue weighted by atomic mass is 10.2. The van der Waals surface area contributed by atoms with Crippen LogP contribution < -0.4 is 5.48 Å². The molecular formula is C8H14N4O2. The largest absolute Gasteiger partial charge is 0.297 e. The molecule has 0 spiro atoms. The molecule has 0 radical (unpaired) electrons. The van der Waals surface area contributed by atoms with E-state index in [1.807, 2.05) is 20.8 Å². The minimum absolute atomic E-state index is 0.233. The fourth-order valence-electron chi connectivity index (χ4n) is 0.702. The molecule has 1 aromatic rings. The molecule has 6 nitrogen and oxygen atoms in total. The molecule has 1 N–H and O–H groups in total. The lowest BCUT2D eigenvalue weighted by Gasteiger charge is -2.18. The molecule has 6 heteroatoms. The number of aryl methyl sites for hydroxylation is 1. The minimum atomic E-state index is -0.419. The molecule has 0 unspecified atom stereocenters. The van der Waals surface area contributed by atoms with Crippen molar-refractivity contribution in [2.24, 2.45) is 7.05 Å². The third kappa shape index (κ3) is 3.14. The molecule has 1 amide bonds. The van der Waals surface area contributed by atoms with Crippen molar-refractivity contribution in [1.82, 2.24) is 20.5 Å². The number of aromatic nitrogens is 3.